The van der Waals surface area contributed by atoms with E-state index in [2.05, 4.69) is 4.98 Å². The Morgan fingerprint density at radius 2 is 2.29 bits per heavy atom. The molecule has 5 heteroatoms. The van der Waals surface area contributed by atoms with Crippen molar-refractivity contribution in [3.8, 4) is 5.88 Å². The molecule has 14 heavy (non-hydrogen) atoms. The number of nitrogens with zero attached hydrogens (tertiary/aromatic N) is 1. The van der Waals surface area contributed by atoms with Crippen LogP contribution in [0.5, 0.6) is 5.88 Å². The number of hydrogen-bond acceptors (Lipinski definition) is 2. The second-order valence-electron chi connectivity index (χ2n) is 2.69. The molecule has 0 bridgehead atoms. The Morgan fingerprint density at radius 3 is 2.79 bits per heavy atom. The molecule has 0 aliphatic carbocycles. The summed E-state index contributed by atoms with van der Waals surface area (Å²) in [7, 11) is 0. The summed E-state index contributed by atoms with van der Waals surface area (Å²) >= 11 is 5.76. The van der Waals surface area contributed by atoms with Crippen molar-refractivity contribution < 1.29 is 13.5 Å². The van der Waals surface area contributed by atoms with Gasteiger partial charge in [-0.05, 0) is 18.1 Å². The fraction of sp³-hybridized carbons (Fsp3) is 0.444. The highest BCUT2D eigenvalue weighted by Gasteiger charge is 2.08. The summed E-state index contributed by atoms with van der Waals surface area (Å²) in [6, 6.07) is 1.66. The highest BCUT2D eigenvalue weighted by atomic mass is 35.5. The van der Waals surface area contributed by atoms with Gasteiger partial charge in [0.15, 0.2) is 6.61 Å². The van der Waals surface area contributed by atoms with E-state index < -0.39 is 13.0 Å². The number of ether oxygens (including phenoxy) is 1. The standard InChI is InChI=1S/C9H10ClF2NO/c1-2-6-3-7(10)9(13-4-6)14-5-8(11)12/h3-4,8H,2,5H2,1H3. The highest BCUT2D eigenvalue weighted by molar-refractivity contribution is 6.31. The highest BCUT2D eigenvalue weighted by Crippen LogP contribution is 2.22. The first kappa shape index (κ1) is 11.2. The predicted molar refractivity (Wildman–Crippen MR) is 50.1 cm³/mol. The lowest BCUT2D eigenvalue weighted by molar-refractivity contribution is 0.0796. The van der Waals surface area contributed by atoms with E-state index in [1.165, 1.54) is 0 Å². The predicted octanol–water partition coefficient (Wildman–Crippen LogP) is 2.94. The molecular weight excluding hydrogens is 212 g/mol. The fourth-order valence-electron chi connectivity index (χ4n) is 0.906. The first-order valence-electron chi connectivity index (χ1n) is 4.18. The Bertz CT molecular complexity index is 307. The fourth-order valence-corrected chi connectivity index (χ4v) is 1.15. The molecule has 0 fully saturated rings. The van der Waals surface area contributed by atoms with Crippen molar-refractivity contribution in [2.24, 2.45) is 0 Å². The van der Waals surface area contributed by atoms with Crippen LogP contribution in [0.15, 0.2) is 12.3 Å². The Hall–Kier alpha value is -0.900. The summed E-state index contributed by atoms with van der Waals surface area (Å²) in [5.74, 6) is 0.0594. The van der Waals surface area contributed by atoms with Gasteiger partial charge in [-0.25, -0.2) is 13.8 Å². The summed E-state index contributed by atoms with van der Waals surface area (Å²) in [4.78, 5) is 3.83. The summed E-state index contributed by atoms with van der Waals surface area (Å²) in [6.07, 6.45) is -0.159. The Labute approximate surface area is 85.9 Å². The first-order valence-corrected chi connectivity index (χ1v) is 4.56. The van der Waals surface area contributed by atoms with Crippen molar-refractivity contribution in [3.63, 3.8) is 0 Å². The molecule has 0 unspecified atom stereocenters. The largest absolute Gasteiger partial charge is 0.471 e. The zero-order valence-corrected chi connectivity index (χ0v) is 8.39. The minimum atomic E-state index is -2.52. The van der Waals surface area contributed by atoms with E-state index in [1.54, 1.807) is 12.3 Å². The molecule has 1 aromatic heterocycles. The van der Waals surface area contributed by atoms with Crippen LogP contribution in [-0.4, -0.2) is 18.0 Å². The lowest BCUT2D eigenvalue weighted by Crippen LogP contribution is -2.08. The second-order valence-corrected chi connectivity index (χ2v) is 3.09. The topological polar surface area (TPSA) is 22.1 Å². The minimum absolute atomic E-state index is 0.0594. The van der Waals surface area contributed by atoms with Crippen LogP contribution in [0.2, 0.25) is 5.02 Å². The number of aryl methyl sites for hydroxylation is 1. The van der Waals surface area contributed by atoms with Crippen molar-refractivity contribution in [1.29, 1.82) is 0 Å². The third kappa shape index (κ3) is 3.10. The van der Waals surface area contributed by atoms with Gasteiger partial charge in [0.05, 0.1) is 0 Å². The van der Waals surface area contributed by atoms with Crippen LogP contribution in [0, 0.1) is 0 Å². The maximum absolute atomic E-state index is 11.8. The molecule has 0 aliphatic rings. The monoisotopic (exact) mass is 221 g/mol. The van der Waals surface area contributed by atoms with Crippen molar-refractivity contribution in [2.75, 3.05) is 6.61 Å². The van der Waals surface area contributed by atoms with Gasteiger partial charge in [0.25, 0.3) is 6.43 Å². The van der Waals surface area contributed by atoms with Crippen LogP contribution in [0.3, 0.4) is 0 Å². The summed E-state index contributed by atoms with van der Waals surface area (Å²) < 4.78 is 28.3. The van der Waals surface area contributed by atoms with Gasteiger partial charge in [-0.1, -0.05) is 18.5 Å². The molecule has 1 rings (SSSR count). The minimum Gasteiger partial charge on any atom is -0.471 e. The molecule has 0 atom stereocenters. The maximum Gasteiger partial charge on any atom is 0.272 e. The van der Waals surface area contributed by atoms with E-state index in [1.807, 2.05) is 6.92 Å². The SMILES string of the molecule is CCc1cnc(OCC(F)F)c(Cl)c1. The number of halogens is 3. The van der Waals surface area contributed by atoms with Gasteiger partial charge in [-0.15, -0.1) is 0 Å². The van der Waals surface area contributed by atoms with Gasteiger partial charge in [0.1, 0.15) is 5.02 Å². The number of hydrogen-bond donors (Lipinski definition) is 0. The van der Waals surface area contributed by atoms with E-state index >= 15 is 0 Å². The van der Waals surface area contributed by atoms with Crippen molar-refractivity contribution >= 4 is 11.6 Å². The number of aromatic nitrogens is 1. The number of rotatable bonds is 4. The molecule has 0 amide bonds. The van der Waals surface area contributed by atoms with Crippen LogP contribution < -0.4 is 4.74 Å². The maximum atomic E-state index is 11.8. The summed E-state index contributed by atoms with van der Waals surface area (Å²) in [5.41, 5.74) is 0.944. The quantitative estimate of drug-likeness (QED) is 0.780. The Morgan fingerprint density at radius 1 is 1.57 bits per heavy atom. The molecular formula is C9H10ClF2NO. The average Bonchev–Trinajstić information content (AvgIpc) is 2.15. The van der Waals surface area contributed by atoms with E-state index in [0.717, 1.165) is 12.0 Å². The molecule has 0 aromatic carbocycles. The van der Waals surface area contributed by atoms with Crippen LogP contribution in [-0.2, 0) is 6.42 Å². The van der Waals surface area contributed by atoms with Gasteiger partial charge < -0.3 is 4.74 Å². The molecule has 1 aromatic rings. The molecule has 0 radical (unpaired) electrons. The number of pyridine rings is 1. The molecule has 0 aliphatic heterocycles. The second kappa shape index (κ2) is 5.10. The van der Waals surface area contributed by atoms with Gasteiger partial charge in [0.2, 0.25) is 5.88 Å². The molecule has 0 N–H and O–H groups in total. The molecule has 1 heterocycles. The molecule has 0 saturated heterocycles. The zero-order chi connectivity index (χ0) is 10.6. The van der Waals surface area contributed by atoms with Gasteiger partial charge >= 0.3 is 0 Å². The van der Waals surface area contributed by atoms with Crippen LogP contribution in [0.4, 0.5) is 8.78 Å². The zero-order valence-electron chi connectivity index (χ0n) is 7.64. The Kier molecular flexibility index (Phi) is 4.07. The first-order chi connectivity index (χ1) is 6.63. The van der Waals surface area contributed by atoms with E-state index in [0.29, 0.717) is 0 Å². The molecule has 0 spiro atoms. The summed E-state index contributed by atoms with van der Waals surface area (Å²) in [5, 5.41) is 0.269. The van der Waals surface area contributed by atoms with E-state index in [4.69, 9.17) is 16.3 Å². The van der Waals surface area contributed by atoms with Crippen LogP contribution in [0.25, 0.3) is 0 Å². The van der Waals surface area contributed by atoms with E-state index in [9.17, 15) is 8.78 Å². The smallest absolute Gasteiger partial charge is 0.272 e. The van der Waals surface area contributed by atoms with Crippen LogP contribution >= 0.6 is 11.6 Å². The van der Waals surface area contributed by atoms with Gasteiger partial charge in [0, 0.05) is 6.20 Å². The van der Waals surface area contributed by atoms with Crippen molar-refractivity contribution in [1.82, 2.24) is 4.98 Å². The van der Waals surface area contributed by atoms with Gasteiger partial charge in [-0.2, -0.15) is 0 Å². The average molecular weight is 222 g/mol. The normalized spacial score (nSPS) is 10.6. The summed E-state index contributed by atoms with van der Waals surface area (Å²) in [6.45, 7) is 1.27. The lowest BCUT2D eigenvalue weighted by atomic mass is 10.2. The lowest BCUT2D eigenvalue weighted by Gasteiger charge is -2.06. The van der Waals surface area contributed by atoms with Crippen molar-refractivity contribution in [3.05, 3.63) is 22.8 Å². The molecule has 2 nitrogen and oxygen atoms in total. The third-order valence-electron chi connectivity index (χ3n) is 1.62. The number of alkyl halides is 2. The third-order valence-corrected chi connectivity index (χ3v) is 1.89. The Balaban J connectivity index is 2.69. The van der Waals surface area contributed by atoms with Crippen molar-refractivity contribution in [2.45, 2.75) is 19.8 Å². The van der Waals surface area contributed by atoms with Gasteiger partial charge in [-0.3, -0.25) is 0 Å². The molecule has 78 valence electrons. The van der Waals surface area contributed by atoms with Crippen LogP contribution in [0.1, 0.15) is 12.5 Å². The van der Waals surface area contributed by atoms with E-state index in [-0.39, 0.29) is 10.9 Å². The molecule has 0 saturated carbocycles.